The van der Waals surface area contributed by atoms with Gasteiger partial charge in [-0.1, -0.05) is 72.8 Å². The molecule has 2 fully saturated rings. The monoisotopic (exact) mass is 517 g/mol. The first-order valence-corrected chi connectivity index (χ1v) is 13.3. The molecule has 7 atom stereocenters. The van der Waals surface area contributed by atoms with Gasteiger partial charge in [0.25, 0.3) is 0 Å². The molecule has 7 nitrogen and oxygen atoms in total. The molecule has 200 valence electrons. The number of carbonyl (C=O) groups is 1. The summed E-state index contributed by atoms with van der Waals surface area (Å²) in [4.78, 5) is 15.2. The second-order valence-electron chi connectivity index (χ2n) is 10.3. The molecule has 3 aromatic rings. The Labute approximate surface area is 222 Å². The molecule has 3 aromatic carbocycles. The molecule has 0 saturated carbocycles. The van der Waals surface area contributed by atoms with Crippen LogP contribution in [0.1, 0.15) is 35.6 Å². The van der Waals surface area contributed by atoms with Gasteiger partial charge in [-0.2, -0.15) is 0 Å². The number of ether oxygens (including phenoxy) is 1. The molecule has 0 aliphatic carbocycles. The Morgan fingerprint density at radius 2 is 1.37 bits per heavy atom. The van der Waals surface area contributed by atoms with Gasteiger partial charge in [0.05, 0.1) is 24.7 Å². The van der Waals surface area contributed by atoms with Gasteiger partial charge in [0, 0.05) is 12.1 Å². The van der Waals surface area contributed by atoms with E-state index in [0.717, 1.165) is 36.1 Å². The van der Waals surface area contributed by atoms with Crippen LogP contribution in [-0.2, 0) is 22.4 Å². The summed E-state index contributed by atoms with van der Waals surface area (Å²) in [6.45, 7) is -0.447. The highest BCUT2D eigenvalue weighted by atomic mass is 16.5. The van der Waals surface area contributed by atoms with Crippen molar-refractivity contribution in [2.24, 2.45) is 5.92 Å². The zero-order valence-corrected chi connectivity index (χ0v) is 21.2. The van der Waals surface area contributed by atoms with E-state index in [9.17, 15) is 25.2 Å². The SMILES string of the molecule is O=C1[C@H](CCCc2ccccc2)C(c2ccc(C[C@@H]3O[C@H](CO)[C@@H](O)[C@H](O)[C@H]3O)cc2)N1c1ccccc1. The molecule has 4 N–H and O–H groups in total. The number of rotatable bonds is 9. The van der Waals surface area contributed by atoms with Gasteiger partial charge in [0.2, 0.25) is 5.91 Å². The molecule has 0 radical (unpaired) electrons. The molecule has 7 heteroatoms. The minimum Gasteiger partial charge on any atom is -0.394 e. The summed E-state index contributed by atoms with van der Waals surface area (Å²) in [7, 11) is 0. The third-order valence-electron chi connectivity index (χ3n) is 7.82. The Bertz CT molecular complexity index is 1190. The Balaban J connectivity index is 1.31. The fourth-order valence-electron chi connectivity index (χ4n) is 5.69. The van der Waals surface area contributed by atoms with Crippen LogP contribution in [0.3, 0.4) is 0 Å². The van der Waals surface area contributed by atoms with Crippen molar-refractivity contribution < 1.29 is 30.0 Å². The third-order valence-corrected chi connectivity index (χ3v) is 7.82. The largest absolute Gasteiger partial charge is 0.394 e. The highest BCUT2D eigenvalue weighted by molar-refractivity contribution is 6.03. The summed E-state index contributed by atoms with van der Waals surface area (Å²) in [5, 5.41) is 40.0. The van der Waals surface area contributed by atoms with Gasteiger partial charge in [-0.05, 0) is 48.1 Å². The standard InChI is InChI=1S/C31H35NO6/c33-19-26-29(35)30(36)28(34)25(38-26)18-21-14-16-22(17-15-21)27-24(13-7-10-20-8-3-1-4-9-20)31(37)32(27)23-11-5-2-6-12-23/h1-6,8-9,11-12,14-17,24-30,33-36H,7,10,13,18-19H2/t24-,25+,26-,27?,28+,29-,30-/m1/s1. The van der Waals surface area contributed by atoms with Gasteiger partial charge in [0.1, 0.15) is 24.4 Å². The molecule has 0 spiro atoms. The summed E-state index contributed by atoms with van der Waals surface area (Å²) in [6.07, 6.45) is -2.73. The zero-order valence-electron chi connectivity index (χ0n) is 21.2. The molecule has 0 aromatic heterocycles. The summed E-state index contributed by atoms with van der Waals surface area (Å²) in [5.74, 6) is 0.0369. The molecule has 38 heavy (non-hydrogen) atoms. The number of aryl methyl sites for hydroxylation is 1. The van der Waals surface area contributed by atoms with Gasteiger partial charge in [-0.15, -0.1) is 0 Å². The van der Waals surface area contributed by atoms with Crippen molar-refractivity contribution in [3.8, 4) is 0 Å². The molecular weight excluding hydrogens is 482 g/mol. The summed E-state index contributed by atoms with van der Waals surface area (Å²) < 4.78 is 5.67. The lowest BCUT2D eigenvalue weighted by Gasteiger charge is -2.48. The molecule has 2 heterocycles. The first-order valence-electron chi connectivity index (χ1n) is 13.3. The maximum absolute atomic E-state index is 13.3. The quantitative estimate of drug-likeness (QED) is 0.325. The Hall–Kier alpha value is -3.07. The maximum Gasteiger partial charge on any atom is 0.233 e. The Kier molecular flexibility index (Phi) is 8.21. The topological polar surface area (TPSA) is 110 Å². The number of aliphatic hydroxyl groups is 4. The number of anilines is 1. The van der Waals surface area contributed by atoms with Gasteiger partial charge in [-0.25, -0.2) is 0 Å². The summed E-state index contributed by atoms with van der Waals surface area (Å²) >= 11 is 0. The Morgan fingerprint density at radius 1 is 0.737 bits per heavy atom. The number of aliphatic hydroxyl groups excluding tert-OH is 4. The minimum atomic E-state index is -1.39. The van der Waals surface area contributed by atoms with Gasteiger partial charge in [-0.3, -0.25) is 4.79 Å². The predicted octanol–water partition coefficient (Wildman–Crippen LogP) is 2.80. The van der Waals surface area contributed by atoms with Crippen LogP contribution < -0.4 is 4.90 Å². The lowest BCUT2D eigenvalue weighted by Crippen LogP contribution is -2.59. The van der Waals surface area contributed by atoms with Crippen molar-refractivity contribution in [1.29, 1.82) is 0 Å². The normalized spacial score (nSPS) is 29.2. The first kappa shape index (κ1) is 26.5. The lowest BCUT2D eigenvalue weighted by molar-refractivity contribution is -0.228. The van der Waals surface area contributed by atoms with Crippen LogP contribution in [0, 0.1) is 5.92 Å². The fraction of sp³-hybridized carbons (Fsp3) is 0.387. The minimum absolute atomic E-state index is 0.0676. The molecule has 2 aliphatic rings. The van der Waals surface area contributed by atoms with E-state index in [4.69, 9.17) is 4.74 Å². The summed E-state index contributed by atoms with van der Waals surface area (Å²) in [5.41, 5.74) is 4.08. The van der Waals surface area contributed by atoms with Crippen LogP contribution in [0.15, 0.2) is 84.9 Å². The molecule has 1 unspecified atom stereocenters. The summed E-state index contributed by atoms with van der Waals surface area (Å²) in [6, 6.07) is 27.9. The van der Waals surface area contributed by atoms with Gasteiger partial charge < -0.3 is 30.1 Å². The Morgan fingerprint density at radius 3 is 2.03 bits per heavy atom. The van der Waals surface area contributed by atoms with E-state index < -0.39 is 37.1 Å². The highest BCUT2D eigenvalue weighted by Gasteiger charge is 2.48. The molecule has 2 aliphatic heterocycles. The molecule has 0 bridgehead atoms. The first-order chi connectivity index (χ1) is 18.5. The van der Waals surface area contributed by atoms with Crippen molar-refractivity contribution in [2.45, 2.75) is 62.2 Å². The van der Waals surface area contributed by atoms with Crippen molar-refractivity contribution >= 4 is 11.6 Å². The van der Waals surface area contributed by atoms with E-state index in [1.807, 2.05) is 77.7 Å². The smallest absolute Gasteiger partial charge is 0.233 e. The molecule has 2 saturated heterocycles. The number of hydrogen-bond acceptors (Lipinski definition) is 6. The number of benzene rings is 3. The van der Waals surface area contributed by atoms with Crippen LogP contribution in [0.4, 0.5) is 5.69 Å². The van der Waals surface area contributed by atoms with E-state index >= 15 is 0 Å². The number of amides is 1. The number of β-lactam (4-membered cyclic amide) rings is 1. The number of nitrogens with zero attached hydrogens (tertiary/aromatic N) is 1. The van der Waals surface area contributed by atoms with Crippen LogP contribution in [0.5, 0.6) is 0 Å². The van der Waals surface area contributed by atoms with Crippen molar-refractivity contribution in [2.75, 3.05) is 11.5 Å². The van der Waals surface area contributed by atoms with Gasteiger partial charge >= 0.3 is 0 Å². The number of hydrogen-bond donors (Lipinski definition) is 4. The third kappa shape index (κ3) is 5.39. The lowest BCUT2D eigenvalue weighted by atomic mass is 9.78. The van der Waals surface area contributed by atoms with Crippen LogP contribution in [-0.4, -0.2) is 63.5 Å². The van der Waals surface area contributed by atoms with Crippen LogP contribution in [0.25, 0.3) is 0 Å². The van der Waals surface area contributed by atoms with Crippen molar-refractivity contribution in [3.05, 3.63) is 102 Å². The second kappa shape index (κ2) is 11.8. The second-order valence-corrected chi connectivity index (χ2v) is 10.3. The molecule has 1 amide bonds. The van der Waals surface area contributed by atoms with E-state index in [0.29, 0.717) is 6.42 Å². The molecular formula is C31H35NO6. The maximum atomic E-state index is 13.3. The zero-order chi connectivity index (χ0) is 26.6. The number of para-hydroxylation sites is 1. The fourth-order valence-corrected chi connectivity index (χ4v) is 5.69. The average molecular weight is 518 g/mol. The van der Waals surface area contributed by atoms with Crippen LogP contribution >= 0.6 is 0 Å². The van der Waals surface area contributed by atoms with E-state index in [2.05, 4.69) is 12.1 Å². The van der Waals surface area contributed by atoms with Crippen molar-refractivity contribution in [3.63, 3.8) is 0 Å². The predicted molar refractivity (Wildman–Crippen MR) is 143 cm³/mol. The van der Waals surface area contributed by atoms with E-state index in [1.165, 1.54) is 5.56 Å². The molecule has 5 rings (SSSR count). The average Bonchev–Trinajstić information content (AvgIpc) is 2.95. The van der Waals surface area contributed by atoms with E-state index in [1.54, 1.807) is 0 Å². The van der Waals surface area contributed by atoms with Crippen LogP contribution in [0.2, 0.25) is 0 Å². The van der Waals surface area contributed by atoms with Crippen molar-refractivity contribution in [1.82, 2.24) is 0 Å². The van der Waals surface area contributed by atoms with E-state index in [-0.39, 0.29) is 17.9 Å². The number of carbonyl (C=O) groups excluding carboxylic acids is 1. The highest BCUT2D eigenvalue weighted by Crippen LogP contribution is 2.45. The van der Waals surface area contributed by atoms with Gasteiger partial charge in [0.15, 0.2) is 0 Å².